The molecule has 14 rings (SSSR count). The molecule has 7 heteroatoms. The van der Waals surface area contributed by atoms with Crippen molar-refractivity contribution in [3.05, 3.63) is 223 Å². The zero-order valence-corrected chi connectivity index (χ0v) is 38.9. The maximum Gasteiger partial charge on any atom is 0.145 e. The van der Waals surface area contributed by atoms with Crippen LogP contribution in [0.5, 0.6) is 0 Å². The molecule has 0 N–H and O–H groups in total. The number of thiophene rings is 2. The van der Waals surface area contributed by atoms with Crippen LogP contribution in [0.25, 0.3) is 129 Å². The first kappa shape index (κ1) is 40.0. The molecule has 0 bridgehead atoms. The topological polar surface area (TPSA) is 70.3 Å². The number of hydrogen-bond donors (Lipinski definition) is 0. The van der Waals surface area contributed by atoms with E-state index in [0.29, 0.717) is 16.7 Å². The number of para-hydroxylation sites is 2. The number of aromatic nitrogens is 3. The van der Waals surface area contributed by atoms with Crippen LogP contribution in [0.4, 0.5) is 0 Å². The van der Waals surface area contributed by atoms with Gasteiger partial charge in [-0.1, -0.05) is 176 Å². The van der Waals surface area contributed by atoms with E-state index < -0.39 is 0 Å². The lowest BCUT2D eigenvalue weighted by Gasteiger charge is -2.25. The second-order valence-corrected chi connectivity index (χ2v) is 19.7. The molecule has 10 aromatic carbocycles. The normalized spacial score (nSPS) is 11.7. The third-order valence-electron chi connectivity index (χ3n) is 13.8. The highest BCUT2D eigenvalue weighted by molar-refractivity contribution is 7.27. The molecule has 0 aliphatic rings. The maximum atomic E-state index is 12.0. The van der Waals surface area contributed by atoms with Gasteiger partial charge in [-0.3, -0.25) is 4.57 Å². The summed E-state index contributed by atoms with van der Waals surface area (Å²) in [5.74, 6) is 0.818. The van der Waals surface area contributed by atoms with E-state index in [0.717, 1.165) is 104 Å². The van der Waals surface area contributed by atoms with Gasteiger partial charge in [0, 0.05) is 69.7 Å². The molecular weight excluding hydrogens is 891 g/mol. The van der Waals surface area contributed by atoms with Crippen molar-refractivity contribution >= 4 is 95.9 Å². The summed E-state index contributed by atoms with van der Waals surface area (Å²) in [6, 6.07) is 79.2. The minimum atomic E-state index is 0.432. The second kappa shape index (κ2) is 15.7. The molecule has 14 aromatic rings. The molecule has 0 saturated heterocycles. The minimum Gasteiger partial charge on any atom is -0.304 e. The van der Waals surface area contributed by atoms with Gasteiger partial charge in [0.25, 0.3) is 0 Å². The van der Waals surface area contributed by atoms with Gasteiger partial charge < -0.3 is 4.57 Å². The smallest absolute Gasteiger partial charge is 0.145 e. The maximum absolute atomic E-state index is 12.0. The van der Waals surface area contributed by atoms with Gasteiger partial charge in [0.1, 0.15) is 18.0 Å². The molecule has 0 unspecified atom stereocenters. The summed E-state index contributed by atoms with van der Waals surface area (Å²) in [6.45, 7) is 0. The number of nitriles is 2. The number of rotatable bonds is 6. The summed E-state index contributed by atoms with van der Waals surface area (Å²) in [4.78, 5) is 5.20. The zero-order chi connectivity index (χ0) is 46.5. The van der Waals surface area contributed by atoms with Gasteiger partial charge in [-0.25, -0.2) is 4.98 Å². The first-order chi connectivity index (χ1) is 34.7. The van der Waals surface area contributed by atoms with Crippen LogP contribution in [0.15, 0.2) is 212 Å². The highest BCUT2D eigenvalue weighted by Gasteiger charge is 2.32. The van der Waals surface area contributed by atoms with E-state index in [2.05, 4.69) is 155 Å². The van der Waals surface area contributed by atoms with Gasteiger partial charge in [-0.15, -0.1) is 22.7 Å². The Labute approximate surface area is 409 Å². The van der Waals surface area contributed by atoms with Crippen LogP contribution < -0.4 is 0 Å². The summed E-state index contributed by atoms with van der Waals surface area (Å²) in [5, 5.41) is 30.8. The van der Waals surface area contributed by atoms with Crippen molar-refractivity contribution in [2.24, 2.45) is 0 Å². The average molecular weight is 926 g/mol. The van der Waals surface area contributed by atoms with Crippen LogP contribution in [0, 0.1) is 22.7 Å². The molecule has 0 spiro atoms. The summed E-state index contributed by atoms with van der Waals surface area (Å²) in [5.41, 5.74) is 12.1. The van der Waals surface area contributed by atoms with E-state index in [9.17, 15) is 10.5 Å². The molecule has 4 aromatic heterocycles. The lowest BCUT2D eigenvalue weighted by Crippen LogP contribution is -2.08. The monoisotopic (exact) mass is 925 g/mol. The Hall–Kier alpha value is -9.11. The standard InChI is InChI=1S/C63H35N5S2/c64-36-49-55(38-17-4-1-5-18-38)50(37-65)58(68-59-45(31-33-47-43-25-10-14-29-53(43)69-61(47)59)46-32-34-48-44-26-11-15-30-54(44)70-62(48)60(46)68)57(39-19-6-2-7-20-39)56(49)41-23-16-24-42(35-41)67-52-28-13-12-27-51(52)66-63(67)40-21-8-3-9-22-40/h1-35H. The number of fused-ring (bicyclic) bond motifs is 12. The molecule has 0 aliphatic heterocycles. The number of hydrogen-bond acceptors (Lipinski definition) is 5. The SMILES string of the molecule is N#Cc1c(-c2ccccc2)c(C#N)c(-n2c3c(ccc4c5ccccc5sc43)c3ccc4c5ccccc5sc4c32)c(-c2ccccc2)c1-c1cccc(-n2c(-c3ccccc3)nc3ccccc32)c1. The highest BCUT2D eigenvalue weighted by Crippen LogP contribution is 2.53. The van der Waals surface area contributed by atoms with E-state index in [1.165, 1.54) is 20.2 Å². The fourth-order valence-corrected chi connectivity index (χ4v) is 13.4. The highest BCUT2D eigenvalue weighted by atomic mass is 32.1. The fraction of sp³-hybridized carbons (Fsp3) is 0. The van der Waals surface area contributed by atoms with Gasteiger partial charge in [0.2, 0.25) is 0 Å². The van der Waals surface area contributed by atoms with Gasteiger partial charge in [-0.05, 0) is 53.1 Å². The Morgan fingerprint density at radius 3 is 1.49 bits per heavy atom. The number of nitrogens with zero attached hydrogens (tertiary/aromatic N) is 5. The van der Waals surface area contributed by atoms with Crippen LogP contribution in [-0.2, 0) is 0 Å². The number of imidazole rings is 1. The van der Waals surface area contributed by atoms with Gasteiger partial charge in [0.15, 0.2) is 0 Å². The summed E-state index contributed by atoms with van der Waals surface area (Å²) < 4.78 is 9.31. The molecule has 0 radical (unpaired) electrons. The van der Waals surface area contributed by atoms with Crippen molar-refractivity contribution in [2.75, 3.05) is 0 Å². The van der Waals surface area contributed by atoms with E-state index in [1.54, 1.807) is 22.7 Å². The second-order valence-electron chi connectivity index (χ2n) is 17.6. The third-order valence-corrected chi connectivity index (χ3v) is 16.2. The molecule has 0 atom stereocenters. The molecule has 5 nitrogen and oxygen atoms in total. The van der Waals surface area contributed by atoms with Crippen molar-refractivity contribution in [3.8, 4) is 68.3 Å². The zero-order valence-electron chi connectivity index (χ0n) is 37.3. The van der Waals surface area contributed by atoms with Gasteiger partial charge in [-0.2, -0.15) is 10.5 Å². The van der Waals surface area contributed by atoms with Crippen molar-refractivity contribution in [3.63, 3.8) is 0 Å². The quantitative estimate of drug-likeness (QED) is 0.167. The van der Waals surface area contributed by atoms with Crippen molar-refractivity contribution < 1.29 is 0 Å². The van der Waals surface area contributed by atoms with Crippen molar-refractivity contribution in [1.82, 2.24) is 14.1 Å². The molecule has 70 heavy (non-hydrogen) atoms. The molecule has 0 saturated carbocycles. The van der Waals surface area contributed by atoms with E-state index in [4.69, 9.17) is 4.98 Å². The van der Waals surface area contributed by atoms with E-state index in [1.807, 2.05) is 78.9 Å². The Morgan fingerprint density at radius 2 is 0.886 bits per heavy atom. The predicted molar refractivity (Wildman–Crippen MR) is 292 cm³/mol. The Kier molecular flexibility index (Phi) is 8.99. The summed E-state index contributed by atoms with van der Waals surface area (Å²) in [6.07, 6.45) is 0. The Bertz CT molecular complexity index is 4420. The first-order valence-electron chi connectivity index (χ1n) is 23.2. The third kappa shape index (κ3) is 5.84. The van der Waals surface area contributed by atoms with E-state index >= 15 is 0 Å². The van der Waals surface area contributed by atoms with Gasteiger partial charge in [0.05, 0.1) is 48.3 Å². The van der Waals surface area contributed by atoms with Crippen LogP contribution >= 0.6 is 22.7 Å². The fourth-order valence-electron chi connectivity index (χ4n) is 10.9. The predicted octanol–water partition coefficient (Wildman–Crippen LogP) is 17.3. The largest absolute Gasteiger partial charge is 0.304 e. The molecule has 4 heterocycles. The summed E-state index contributed by atoms with van der Waals surface area (Å²) >= 11 is 3.58. The van der Waals surface area contributed by atoms with Crippen LogP contribution in [0.2, 0.25) is 0 Å². The molecule has 0 amide bonds. The lowest BCUT2D eigenvalue weighted by molar-refractivity contribution is 1.10. The molecular formula is C63H35N5S2. The number of benzene rings is 10. The molecule has 0 fully saturated rings. The lowest BCUT2D eigenvalue weighted by atomic mass is 9.81. The average Bonchev–Trinajstić information content (AvgIpc) is 4.20. The van der Waals surface area contributed by atoms with E-state index in [-0.39, 0.29) is 0 Å². The van der Waals surface area contributed by atoms with Gasteiger partial charge >= 0.3 is 0 Å². The van der Waals surface area contributed by atoms with Crippen molar-refractivity contribution in [1.29, 1.82) is 10.5 Å². The molecule has 324 valence electrons. The van der Waals surface area contributed by atoms with Crippen LogP contribution in [-0.4, -0.2) is 14.1 Å². The van der Waals surface area contributed by atoms with Crippen LogP contribution in [0.1, 0.15) is 11.1 Å². The summed E-state index contributed by atoms with van der Waals surface area (Å²) in [7, 11) is 0. The Morgan fingerprint density at radius 1 is 0.386 bits per heavy atom. The Balaban J connectivity index is 1.21. The minimum absolute atomic E-state index is 0.432. The molecule has 0 aliphatic carbocycles. The van der Waals surface area contributed by atoms with Crippen LogP contribution in [0.3, 0.4) is 0 Å². The van der Waals surface area contributed by atoms with Crippen molar-refractivity contribution in [2.45, 2.75) is 0 Å². The first-order valence-corrected chi connectivity index (χ1v) is 24.8.